The van der Waals surface area contributed by atoms with Gasteiger partial charge in [-0.05, 0) is 43.5 Å². The minimum atomic E-state index is -0.859. The van der Waals surface area contributed by atoms with E-state index >= 15 is 0 Å². The number of carbonyl (C=O) groups is 1. The van der Waals surface area contributed by atoms with Crippen LogP contribution in [0.4, 0.5) is 0 Å². The first kappa shape index (κ1) is 14.0. The van der Waals surface area contributed by atoms with Crippen LogP contribution in [0.5, 0.6) is 0 Å². The molecule has 0 spiro atoms. The van der Waals surface area contributed by atoms with E-state index < -0.39 is 5.97 Å². The quantitative estimate of drug-likeness (QED) is 0.885. The maximum absolute atomic E-state index is 11.0. The Balaban J connectivity index is 2.07. The number of rotatable bonds is 5. The first-order valence-electron chi connectivity index (χ1n) is 6.67. The molecule has 1 heterocycles. The highest BCUT2D eigenvalue weighted by Crippen LogP contribution is 2.21. The average molecular weight is 263 g/mol. The van der Waals surface area contributed by atoms with Crippen molar-refractivity contribution in [1.82, 2.24) is 4.90 Å². The fraction of sp³-hybridized carbons (Fsp3) is 0.533. The van der Waals surface area contributed by atoms with E-state index in [-0.39, 0.29) is 0 Å². The number of hydrogen-bond acceptors (Lipinski definition) is 3. The summed E-state index contributed by atoms with van der Waals surface area (Å²) in [5.74, 6) is -0.859. The Morgan fingerprint density at radius 3 is 2.95 bits per heavy atom. The van der Waals surface area contributed by atoms with E-state index in [9.17, 15) is 4.79 Å². The molecule has 1 saturated heterocycles. The minimum absolute atomic E-state index is 0.388. The van der Waals surface area contributed by atoms with Crippen LogP contribution in [0.25, 0.3) is 0 Å². The Kier molecular flexibility index (Phi) is 4.56. The normalized spacial score (nSPS) is 19.8. The largest absolute Gasteiger partial charge is 0.478 e. The van der Waals surface area contributed by atoms with Crippen molar-refractivity contribution in [1.29, 1.82) is 0 Å². The number of nitrogens with zero attached hydrogens (tertiary/aromatic N) is 1. The maximum atomic E-state index is 11.0. The molecule has 1 aromatic rings. The van der Waals surface area contributed by atoms with Crippen molar-refractivity contribution in [2.24, 2.45) is 0 Å². The van der Waals surface area contributed by atoms with E-state index in [4.69, 9.17) is 9.84 Å². The van der Waals surface area contributed by atoms with Crippen LogP contribution >= 0.6 is 0 Å². The van der Waals surface area contributed by atoms with Crippen LogP contribution in [0.15, 0.2) is 18.2 Å². The van der Waals surface area contributed by atoms with Crippen LogP contribution in [0.1, 0.15) is 34.3 Å². The van der Waals surface area contributed by atoms with E-state index in [2.05, 4.69) is 4.90 Å². The predicted molar refractivity (Wildman–Crippen MR) is 73.4 cm³/mol. The first-order chi connectivity index (χ1) is 9.11. The van der Waals surface area contributed by atoms with Gasteiger partial charge in [-0.15, -0.1) is 0 Å². The van der Waals surface area contributed by atoms with E-state index in [0.717, 1.165) is 25.3 Å². The number of carboxylic acids is 1. The fourth-order valence-corrected chi connectivity index (χ4v) is 2.78. The Hall–Kier alpha value is -1.39. The number of carboxylic acid groups (broad SMARTS) is 1. The van der Waals surface area contributed by atoms with Crippen molar-refractivity contribution in [2.45, 2.75) is 32.4 Å². The second-order valence-electron chi connectivity index (χ2n) is 5.18. The molecule has 1 aliphatic rings. The summed E-state index contributed by atoms with van der Waals surface area (Å²) >= 11 is 0. The van der Waals surface area contributed by atoms with Gasteiger partial charge in [0.1, 0.15) is 0 Å². The summed E-state index contributed by atoms with van der Waals surface area (Å²) in [4.78, 5) is 13.4. The molecule has 0 bridgehead atoms. The van der Waals surface area contributed by atoms with Gasteiger partial charge in [-0.3, -0.25) is 4.90 Å². The third kappa shape index (κ3) is 3.33. The van der Waals surface area contributed by atoms with Crippen LogP contribution < -0.4 is 0 Å². The first-order valence-corrected chi connectivity index (χ1v) is 6.67. The topological polar surface area (TPSA) is 49.8 Å². The molecule has 0 radical (unpaired) electrons. The molecule has 1 N–H and O–H groups in total. The standard InChI is InChI=1S/C15H21NO3/c1-11-8-12(5-6-14(11)15(17)18)9-16-7-3-4-13(16)10-19-2/h5-6,8,13H,3-4,7,9-10H2,1-2H3,(H,17,18)/t13-/m0/s1. The fourth-order valence-electron chi connectivity index (χ4n) is 2.78. The van der Waals surface area contributed by atoms with Gasteiger partial charge in [0.15, 0.2) is 0 Å². The molecule has 4 heteroatoms. The molecule has 0 amide bonds. The smallest absolute Gasteiger partial charge is 0.335 e. The van der Waals surface area contributed by atoms with Gasteiger partial charge in [0.25, 0.3) is 0 Å². The number of methoxy groups -OCH3 is 1. The van der Waals surface area contributed by atoms with Crippen LogP contribution in [0.3, 0.4) is 0 Å². The molecule has 0 unspecified atom stereocenters. The third-order valence-corrected chi connectivity index (χ3v) is 3.77. The second-order valence-corrected chi connectivity index (χ2v) is 5.18. The maximum Gasteiger partial charge on any atom is 0.335 e. The van der Waals surface area contributed by atoms with Gasteiger partial charge in [0, 0.05) is 19.7 Å². The highest BCUT2D eigenvalue weighted by Gasteiger charge is 2.24. The molecule has 0 saturated carbocycles. The summed E-state index contributed by atoms with van der Waals surface area (Å²) in [6.07, 6.45) is 2.39. The van der Waals surface area contributed by atoms with Gasteiger partial charge in [0.2, 0.25) is 0 Å². The van der Waals surface area contributed by atoms with E-state index in [1.165, 1.54) is 18.4 Å². The van der Waals surface area contributed by atoms with Gasteiger partial charge in [0.05, 0.1) is 12.2 Å². The SMILES string of the molecule is COC[C@@H]1CCCN1Cc1ccc(C(=O)O)c(C)c1. The summed E-state index contributed by atoms with van der Waals surface area (Å²) in [6.45, 7) is 4.58. The number of benzene rings is 1. The van der Waals surface area contributed by atoms with Gasteiger partial charge in [-0.25, -0.2) is 4.79 Å². The molecule has 1 aliphatic heterocycles. The van der Waals surface area contributed by atoms with Crippen molar-refractivity contribution in [2.75, 3.05) is 20.3 Å². The molecule has 4 nitrogen and oxygen atoms in total. The summed E-state index contributed by atoms with van der Waals surface area (Å²) < 4.78 is 5.25. The molecule has 19 heavy (non-hydrogen) atoms. The third-order valence-electron chi connectivity index (χ3n) is 3.77. The molecule has 1 atom stereocenters. The summed E-state index contributed by atoms with van der Waals surface area (Å²) in [5.41, 5.74) is 2.39. The lowest BCUT2D eigenvalue weighted by molar-refractivity contribution is 0.0696. The molecule has 2 rings (SSSR count). The van der Waals surface area contributed by atoms with Crippen molar-refractivity contribution in [3.05, 3.63) is 34.9 Å². The number of ether oxygens (including phenoxy) is 1. The number of likely N-dealkylation sites (tertiary alicyclic amines) is 1. The van der Waals surface area contributed by atoms with Crippen LogP contribution in [-0.4, -0.2) is 42.3 Å². The molecule has 104 valence electrons. The minimum Gasteiger partial charge on any atom is -0.478 e. The lowest BCUT2D eigenvalue weighted by Crippen LogP contribution is -2.32. The van der Waals surface area contributed by atoms with Gasteiger partial charge in [-0.2, -0.15) is 0 Å². The summed E-state index contributed by atoms with van der Waals surface area (Å²) in [6, 6.07) is 6.09. The van der Waals surface area contributed by atoms with Crippen molar-refractivity contribution in [3.63, 3.8) is 0 Å². The highest BCUT2D eigenvalue weighted by molar-refractivity contribution is 5.89. The van der Waals surface area contributed by atoms with Crippen LogP contribution in [-0.2, 0) is 11.3 Å². The van der Waals surface area contributed by atoms with E-state index in [0.29, 0.717) is 11.6 Å². The van der Waals surface area contributed by atoms with Crippen LogP contribution in [0, 0.1) is 6.92 Å². The van der Waals surface area contributed by atoms with Crippen molar-refractivity contribution < 1.29 is 14.6 Å². The Morgan fingerprint density at radius 2 is 2.32 bits per heavy atom. The van der Waals surface area contributed by atoms with E-state index in [1.54, 1.807) is 13.2 Å². The molecule has 1 aromatic carbocycles. The van der Waals surface area contributed by atoms with Crippen molar-refractivity contribution in [3.8, 4) is 0 Å². The zero-order chi connectivity index (χ0) is 13.8. The molecular formula is C15H21NO3. The summed E-state index contributed by atoms with van der Waals surface area (Å²) in [5, 5.41) is 9.03. The highest BCUT2D eigenvalue weighted by atomic mass is 16.5. The van der Waals surface area contributed by atoms with Gasteiger partial charge >= 0.3 is 5.97 Å². The van der Waals surface area contributed by atoms with E-state index in [1.807, 2.05) is 19.1 Å². The molecular weight excluding hydrogens is 242 g/mol. The van der Waals surface area contributed by atoms with Crippen molar-refractivity contribution >= 4 is 5.97 Å². The van der Waals surface area contributed by atoms with Gasteiger partial charge in [-0.1, -0.05) is 12.1 Å². The molecule has 1 fully saturated rings. The Labute approximate surface area is 114 Å². The zero-order valence-electron chi connectivity index (χ0n) is 11.6. The monoisotopic (exact) mass is 263 g/mol. The second kappa shape index (κ2) is 6.17. The number of aryl methyl sites for hydroxylation is 1. The predicted octanol–water partition coefficient (Wildman–Crippen LogP) is 2.30. The average Bonchev–Trinajstić information content (AvgIpc) is 2.77. The Morgan fingerprint density at radius 1 is 1.53 bits per heavy atom. The summed E-state index contributed by atoms with van der Waals surface area (Å²) in [7, 11) is 1.74. The Bertz CT molecular complexity index is 459. The van der Waals surface area contributed by atoms with Gasteiger partial charge < -0.3 is 9.84 Å². The lowest BCUT2D eigenvalue weighted by Gasteiger charge is -2.24. The zero-order valence-corrected chi connectivity index (χ0v) is 11.6. The lowest BCUT2D eigenvalue weighted by atomic mass is 10.0. The molecule has 0 aliphatic carbocycles. The number of hydrogen-bond donors (Lipinski definition) is 1. The number of aromatic carboxylic acids is 1. The molecule has 0 aromatic heterocycles. The van der Waals surface area contributed by atoms with Crippen LogP contribution in [0.2, 0.25) is 0 Å².